The Morgan fingerprint density at radius 3 is 2.13 bits per heavy atom. The maximum absolute atomic E-state index is 13.8. The summed E-state index contributed by atoms with van der Waals surface area (Å²) in [6, 6.07) is 18.3. The number of halogens is 1. The van der Waals surface area contributed by atoms with Crippen LogP contribution < -0.4 is 9.62 Å². The molecule has 2 amide bonds. The quantitative estimate of drug-likeness (QED) is 0.280. The summed E-state index contributed by atoms with van der Waals surface area (Å²) in [5.41, 5.74) is 0.525. The molecule has 0 saturated carbocycles. The van der Waals surface area contributed by atoms with Crippen LogP contribution in [0.2, 0.25) is 5.02 Å². The number of nitro benzene ring substituents is 1. The lowest BCUT2D eigenvalue weighted by atomic mass is 10.1. The summed E-state index contributed by atoms with van der Waals surface area (Å²) < 4.78 is 28.2. The van der Waals surface area contributed by atoms with Crippen LogP contribution >= 0.6 is 11.6 Å². The van der Waals surface area contributed by atoms with E-state index in [1.807, 2.05) is 0 Å². The van der Waals surface area contributed by atoms with E-state index in [9.17, 15) is 28.1 Å². The number of benzene rings is 3. The smallest absolute Gasteiger partial charge is 0.269 e. The van der Waals surface area contributed by atoms with Gasteiger partial charge >= 0.3 is 0 Å². The zero-order chi connectivity index (χ0) is 27.9. The largest absolute Gasteiger partial charge is 0.357 e. The topological polar surface area (TPSA) is 130 Å². The minimum Gasteiger partial charge on any atom is -0.357 e. The first-order valence-corrected chi connectivity index (χ1v) is 13.5. The second-order valence-electron chi connectivity index (χ2n) is 8.28. The molecule has 12 heteroatoms. The summed E-state index contributed by atoms with van der Waals surface area (Å²) in [6.45, 7) is 1.13. The Kier molecular flexibility index (Phi) is 9.43. The summed E-state index contributed by atoms with van der Waals surface area (Å²) in [6.07, 6.45) is 0.280. The summed E-state index contributed by atoms with van der Waals surface area (Å²) in [7, 11) is -2.80. The minimum absolute atomic E-state index is 0.0292. The number of non-ortho nitro benzene ring substituents is 1. The van der Waals surface area contributed by atoms with Gasteiger partial charge < -0.3 is 10.2 Å². The maximum atomic E-state index is 13.8. The second kappa shape index (κ2) is 12.5. The third-order valence-electron chi connectivity index (χ3n) is 5.86. The first kappa shape index (κ1) is 28.6. The average Bonchev–Trinajstić information content (AvgIpc) is 2.92. The first-order valence-electron chi connectivity index (χ1n) is 11.7. The van der Waals surface area contributed by atoms with Crippen molar-refractivity contribution in [3.05, 3.63) is 99.6 Å². The fourth-order valence-corrected chi connectivity index (χ4v) is 5.42. The van der Waals surface area contributed by atoms with Crippen LogP contribution in [-0.2, 0) is 26.2 Å². The fourth-order valence-electron chi connectivity index (χ4n) is 3.86. The molecule has 10 nitrogen and oxygen atoms in total. The van der Waals surface area contributed by atoms with Crippen molar-refractivity contribution in [2.45, 2.75) is 30.8 Å². The Morgan fingerprint density at radius 2 is 1.61 bits per heavy atom. The van der Waals surface area contributed by atoms with E-state index in [1.54, 1.807) is 49.4 Å². The van der Waals surface area contributed by atoms with Gasteiger partial charge in [-0.2, -0.15) is 0 Å². The highest BCUT2D eigenvalue weighted by Crippen LogP contribution is 2.27. The van der Waals surface area contributed by atoms with Crippen molar-refractivity contribution in [1.29, 1.82) is 0 Å². The van der Waals surface area contributed by atoms with E-state index in [1.165, 1.54) is 36.2 Å². The normalized spacial score (nSPS) is 11.9. The Balaban J connectivity index is 2.06. The molecule has 1 unspecified atom stereocenters. The zero-order valence-corrected chi connectivity index (χ0v) is 22.4. The Labute approximate surface area is 226 Å². The summed E-state index contributed by atoms with van der Waals surface area (Å²) >= 11 is 5.99. The predicted molar refractivity (Wildman–Crippen MR) is 144 cm³/mol. The predicted octanol–water partition coefficient (Wildman–Crippen LogP) is 4.00. The number of hydrogen-bond donors (Lipinski definition) is 1. The van der Waals surface area contributed by atoms with Crippen molar-refractivity contribution in [2.75, 3.05) is 17.9 Å². The van der Waals surface area contributed by atoms with Crippen molar-refractivity contribution in [3.63, 3.8) is 0 Å². The molecule has 0 aliphatic rings. The van der Waals surface area contributed by atoms with Gasteiger partial charge in [0.2, 0.25) is 11.8 Å². The Hall–Kier alpha value is -3.96. The molecular weight excluding hydrogens is 532 g/mol. The summed E-state index contributed by atoms with van der Waals surface area (Å²) in [5.74, 6) is -1.03. The van der Waals surface area contributed by atoms with Crippen molar-refractivity contribution in [3.8, 4) is 0 Å². The monoisotopic (exact) mass is 558 g/mol. The van der Waals surface area contributed by atoms with Crippen LogP contribution in [0, 0.1) is 10.1 Å². The molecule has 0 aromatic heterocycles. The number of hydrogen-bond acceptors (Lipinski definition) is 6. The second-order valence-corrected chi connectivity index (χ2v) is 10.6. The van der Waals surface area contributed by atoms with Gasteiger partial charge in [0.25, 0.3) is 15.7 Å². The SMILES string of the molecule is CCC(C(=O)NC)N(Cc1ccc(Cl)cc1)C(=O)CN(c1ccc([N+](=O)[O-])cc1)S(=O)(=O)c1ccccc1. The lowest BCUT2D eigenvalue weighted by molar-refractivity contribution is -0.384. The van der Waals surface area contributed by atoms with Gasteiger partial charge in [-0.1, -0.05) is 48.9 Å². The third-order valence-corrected chi connectivity index (χ3v) is 7.90. The molecule has 0 radical (unpaired) electrons. The average molecular weight is 559 g/mol. The van der Waals surface area contributed by atoms with E-state index in [4.69, 9.17) is 11.6 Å². The molecule has 0 spiro atoms. The highest BCUT2D eigenvalue weighted by Gasteiger charge is 2.33. The van der Waals surface area contributed by atoms with Crippen molar-refractivity contribution >= 4 is 44.8 Å². The summed E-state index contributed by atoms with van der Waals surface area (Å²) in [4.78, 5) is 38.2. The molecule has 0 heterocycles. The number of anilines is 1. The number of rotatable bonds is 11. The van der Waals surface area contributed by atoms with E-state index < -0.39 is 39.3 Å². The van der Waals surface area contributed by atoms with Gasteiger partial charge in [0.15, 0.2) is 0 Å². The van der Waals surface area contributed by atoms with E-state index in [-0.39, 0.29) is 29.2 Å². The minimum atomic E-state index is -4.25. The lowest BCUT2D eigenvalue weighted by Crippen LogP contribution is -2.51. The molecule has 0 aliphatic heterocycles. The molecule has 38 heavy (non-hydrogen) atoms. The number of likely N-dealkylation sites (N-methyl/N-ethyl adjacent to an activating group) is 1. The van der Waals surface area contributed by atoms with Crippen molar-refractivity contribution in [2.24, 2.45) is 0 Å². The van der Waals surface area contributed by atoms with Crippen LogP contribution in [0.3, 0.4) is 0 Å². The zero-order valence-electron chi connectivity index (χ0n) is 20.8. The molecule has 0 bridgehead atoms. The van der Waals surface area contributed by atoms with Crippen molar-refractivity contribution in [1.82, 2.24) is 10.2 Å². The number of carbonyl (C=O) groups is 2. The van der Waals surface area contributed by atoms with E-state index in [0.717, 1.165) is 16.4 Å². The van der Waals surface area contributed by atoms with Crippen LogP contribution in [-0.4, -0.2) is 49.7 Å². The van der Waals surface area contributed by atoms with Crippen molar-refractivity contribution < 1.29 is 22.9 Å². The van der Waals surface area contributed by atoms with Gasteiger partial charge in [-0.15, -0.1) is 0 Å². The number of carbonyl (C=O) groups excluding carboxylic acids is 2. The third kappa shape index (κ3) is 6.67. The van der Waals surface area contributed by atoms with Gasteiger partial charge in [0, 0.05) is 30.7 Å². The fraction of sp³-hybridized carbons (Fsp3) is 0.231. The first-order chi connectivity index (χ1) is 18.1. The molecule has 1 N–H and O–H groups in total. The molecule has 0 saturated heterocycles. The molecule has 1 atom stereocenters. The number of nitro groups is 1. The number of sulfonamides is 1. The van der Waals surface area contributed by atoms with Crippen LogP contribution in [0.1, 0.15) is 18.9 Å². The van der Waals surface area contributed by atoms with Gasteiger partial charge in [-0.25, -0.2) is 8.42 Å². The van der Waals surface area contributed by atoms with Crippen LogP contribution in [0.15, 0.2) is 83.8 Å². The van der Waals surface area contributed by atoms with Gasteiger partial charge in [0.1, 0.15) is 12.6 Å². The molecule has 3 aromatic carbocycles. The molecule has 200 valence electrons. The van der Waals surface area contributed by atoms with Gasteiger partial charge in [-0.05, 0) is 48.4 Å². The van der Waals surface area contributed by atoms with Crippen LogP contribution in [0.4, 0.5) is 11.4 Å². The molecule has 0 fully saturated rings. The highest BCUT2D eigenvalue weighted by molar-refractivity contribution is 7.92. The van der Waals surface area contributed by atoms with Gasteiger partial charge in [-0.3, -0.25) is 24.0 Å². The van der Waals surface area contributed by atoms with Crippen LogP contribution in [0.5, 0.6) is 0 Å². The molecular formula is C26H27ClN4O6S. The summed E-state index contributed by atoms with van der Waals surface area (Å²) in [5, 5.41) is 14.2. The maximum Gasteiger partial charge on any atom is 0.269 e. The highest BCUT2D eigenvalue weighted by atomic mass is 35.5. The van der Waals surface area contributed by atoms with E-state index >= 15 is 0 Å². The lowest BCUT2D eigenvalue weighted by Gasteiger charge is -2.33. The molecule has 0 aliphatic carbocycles. The van der Waals surface area contributed by atoms with E-state index in [2.05, 4.69) is 5.32 Å². The molecule has 3 aromatic rings. The van der Waals surface area contributed by atoms with Crippen LogP contribution in [0.25, 0.3) is 0 Å². The van der Waals surface area contributed by atoms with E-state index in [0.29, 0.717) is 10.6 Å². The Morgan fingerprint density at radius 1 is 1.00 bits per heavy atom. The number of nitrogens with zero attached hydrogens (tertiary/aromatic N) is 3. The standard InChI is InChI=1S/C26H27ClN4O6S/c1-3-24(26(33)28-2)29(17-19-9-11-20(27)12-10-19)25(32)18-30(21-13-15-22(16-14-21)31(34)35)38(36,37)23-7-5-4-6-8-23/h4-16,24H,3,17-18H2,1-2H3,(H,28,33). The van der Waals surface area contributed by atoms with Gasteiger partial charge in [0.05, 0.1) is 15.5 Å². The Bertz CT molecular complexity index is 1380. The molecule has 3 rings (SSSR count). The number of amides is 2. The number of nitrogens with one attached hydrogen (secondary N) is 1.